The zero-order valence-electron chi connectivity index (χ0n) is 12.2. The molecule has 0 aliphatic heterocycles. The molecule has 0 amide bonds. The van der Waals surface area contributed by atoms with Gasteiger partial charge in [0.05, 0.1) is 6.10 Å². The minimum Gasteiger partial charge on any atom is -0.491 e. The maximum atomic E-state index is 5.72. The Morgan fingerprint density at radius 1 is 1.10 bits per heavy atom. The van der Waals surface area contributed by atoms with Crippen molar-refractivity contribution in [1.29, 1.82) is 0 Å². The van der Waals surface area contributed by atoms with Crippen LogP contribution in [0, 0.1) is 0 Å². The zero-order valence-corrected chi connectivity index (χ0v) is 13.0. The van der Waals surface area contributed by atoms with E-state index in [9.17, 15) is 0 Å². The Bertz CT molecular complexity index is 554. The summed E-state index contributed by atoms with van der Waals surface area (Å²) in [6, 6.07) is 16.6. The second-order valence-corrected chi connectivity index (χ2v) is 5.72. The molecule has 0 bridgehead atoms. The van der Waals surface area contributed by atoms with Crippen molar-refractivity contribution >= 4 is 17.4 Å². The van der Waals surface area contributed by atoms with Crippen molar-refractivity contribution in [3.05, 3.63) is 54.1 Å². The van der Waals surface area contributed by atoms with E-state index < -0.39 is 0 Å². The van der Waals surface area contributed by atoms with E-state index in [1.165, 1.54) is 16.1 Å². The molecule has 2 nitrogen and oxygen atoms in total. The van der Waals surface area contributed by atoms with Gasteiger partial charge < -0.3 is 10.1 Å². The van der Waals surface area contributed by atoms with Gasteiger partial charge in [-0.15, -0.1) is 11.8 Å². The summed E-state index contributed by atoms with van der Waals surface area (Å²) in [5, 5.41) is 3.48. The van der Waals surface area contributed by atoms with Crippen molar-refractivity contribution in [2.75, 3.05) is 11.6 Å². The lowest BCUT2D eigenvalue weighted by atomic mass is 10.2. The van der Waals surface area contributed by atoms with Gasteiger partial charge in [-0.3, -0.25) is 0 Å². The second kappa shape index (κ2) is 7.25. The minimum absolute atomic E-state index is 0.204. The molecule has 0 saturated heterocycles. The topological polar surface area (TPSA) is 21.3 Å². The van der Waals surface area contributed by atoms with E-state index in [1.807, 2.05) is 26.0 Å². The number of anilines is 1. The molecule has 20 heavy (non-hydrogen) atoms. The fourth-order valence-electron chi connectivity index (χ4n) is 1.99. The van der Waals surface area contributed by atoms with E-state index in [0.29, 0.717) is 0 Å². The van der Waals surface area contributed by atoms with Gasteiger partial charge in [-0.05, 0) is 49.9 Å². The molecule has 0 atom stereocenters. The fraction of sp³-hybridized carbons (Fsp3) is 0.294. The van der Waals surface area contributed by atoms with Gasteiger partial charge in [0, 0.05) is 17.1 Å². The van der Waals surface area contributed by atoms with E-state index in [0.717, 1.165) is 12.3 Å². The SMILES string of the molecule is CSc1ccccc1NCc1cccc(OC(C)C)c1. The van der Waals surface area contributed by atoms with Crippen molar-refractivity contribution in [3.8, 4) is 5.75 Å². The first-order chi connectivity index (χ1) is 9.69. The third kappa shape index (κ3) is 4.20. The average molecular weight is 287 g/mol. The van der Waals surface area contributed by atoms with Gasteiger partial charge in [0.25, 0.3) is 0 Å². The predicted molar refractivity (Wildman–Crippen MR) is 87.8 cm³/mol. The summed E-state index contributed by atoms with van der Waals surface area (Å²) < 4.78 is 5.72. The molecule has 0 unspecified atom stereocenters. The lowest BCUT2D eigenvalue weighted by molar-refractivity contribution is 0.242. The van der Waals surface area contributed by atoms with Crippen LogP contribution >= 0.6 is 11.8 Å². The van der Waals surface area contributed by atoms with Crippen molar-refractivity contribution in [3.63, 3.8) is 0 Å². The molecule has 0 aliphatic carbocycles. The Labute approximate surface area is 125 Å². The van der Waals surface area contributed by atoms with Crippen LogP contribution in [0.25, 0.3) is 0 Å². The van der Waals surface area contributed by atoms with E-state index in [-0.39, 0.29) is 6.10 Å². The average Bonchev–Trinajstić information content (AvgIpc) is 2.45. The van der Waals surface area contributed by atoms with Crippen LogP contribution in [0.15, 0.2) is 53.4 Å². The molecule has 1 N–H and O–H groups in total. The Morgan fingerprint density at radius 3 is 2.65 bits per heavy atom. The highest BCUT2D eigenvalue weighted by atomic mass is 32.2. The zero-order chi connectivity index (χ0) is 14.4. The van der Waals surface area contributed by atoms with Crippen LogP contribution in [0.1, 0.15) is 19.4 Å². The number of nitrogens with one attached hydrogen (secondary N) is 1. The van der Waals surface area contributed by atoms with Crippen LogP contribution in [0.4, 0.5) is 5.69 Å². The fourth-order valence-corrected chi connectivity index (χ4v) is 2.56. The van der Waals surface area contributed by atoms with Crippen molar-refractivity contribution in [1.82, 2.24) is 0 Å². The number of para-hydroxylation sites is 1. The summed E-state index contributed by atoms with van der Waals surface area (Å²) >= 11 is 1.75. The summed E-state index contributed by atoms with van der Waals surface area (Å²) in [6.07, 6.45) is 2.30. The minimum atomic E-state index is 0.204. The Kier molecular flexibility index (Phi) is 5.36. The highest BCUT2D eigenvalue weighted by molar-refractivity contribution is 7.98. The van der Waals surface area contributed by atoms with Crippen LogP contribution in [-0.2, 0) is 6.54 Å². The Hall–Kier alpha value is -1.61. The van der Waals surface area contributed by atoms with Crippen LogP contribution in [-0.4, -0.2) is 12.4 Å². The van der Waals surface area contributed by atoms with Crippen LogP contribution in [0.2, 0.25) is 0 Å². The normalized spacial score (nSPS) is 10.6. The largest absolute Gasteiger partial charge is 0.491 e. The van der Waals surface area contributed by atoms with Gasteiger partial charge in [-0.25, -0.2) is 0 Å². The summed E-state index contributed by atoms with van der Waals surface area (Å²) in [6.45, 7) is 4.88. The second-order valence-electron chi connectivity index (χ2n) is 4.87. The molecule has 0 radical (unpaired) electrons. The van der Waals surface area contributed by atoms with Gasteiger partial charge in [0.15, 0.2) is 0 Å². The number of thioether (sulfide) groups is 1. The lowest BCUT2D eigenvalue weighted by Crippen LogP contribution is -2.06. The van der Waals surface area contributed by atoms with Gasteiger partial charge in [0.2, 0.25) is 0 Å². The number of benzene rings is 2. The molecule has 106 valence electrons. The molecule has 0 spiro atoms. The number of rotatable bonds is 6. The summed E-state index contributed by atoms with van der Waals surface area (Å²) in [4.78, 5) is 1.27. The van der Waals surface area contributed by atoms with E-state index in [4.69, 9.17) is 4.74 Å². The number of hydrogen-bond acceptors (Lipinski definition) is 3. The van der Waals surface area contributed by atoms with Gasteiger partial charge >= 0.3 is 0 Å². The molecule has 0 heterocycles. The Morgan fingerprint density at radius 2 is 1.90 bits per heavy atom. The molecule has 0 aromatic heterocycles. The van der Waals surface area contributed by atoms with Gasteiger partial charge in [-0.1, -0.05) is 24.3 Å². The molecule has 2 aromatic carbocycles. The monoisotopic (exact) mass is 287 g/mol. The van der Waals surface area contributed by atoms with Crippen molar-refractivity contribution < 1.29 is 4.74 Å². The molecule has 0 fully saturated rings. The van der Waals surface area contributed by atoms with E-state index in [1.54, 1.807) is 11.8 Å². The first-order valence-corrected chi connectivity index (χ1v) is 8.04. The molecule has 0 aliphatic rings. The highest BCUT2D eigenvalue weighted by Crippen LogP contribution is 2.25. The smallest absolute Gasteiger partial charge is 0.120 e. The summed E-state index contributed by atoms with van der Waals surface area (Å²) in [5.74, 6) is 0.928. The molecule has 3 heteroatoms. The maximum absolute atomic E-state index is 5.72. The molecular formula is C17H21NOS. The first-order valence-electron chi connectivity index (χ1n) is 6.81. The van der Waals surface area contributed by atoms with Crippen molar-refractivity contribution in [2.45, 2.75) is 31.4 Å². The summed E-state index contributed by atoms with van der Waals surface area (Å²) in [7, 11) is 0. The predicted octanol–water partition coefficient (Wildman–Crippen LogP) is 4.81. The van der Waals surface area contributed by atoms with Crippen LogP contribution in [0.3, 0.4) is 0 Å². The summed E-state index contributed by atoms with van der Waals surface area (Å²) in [5.41, 5.74) is 2.40. The number of ether oxygens (including phenoxy) is 1. The van der Waals surface area contributed by atoms with E-state index >= 15 is 0 Å². The first kappa shape index (κ1) is 14.8. The van der Waals surface area contributed by atoms with Crippen molar-refractivity contribution in [2.24, 2.45) is 0 Å². The highest BCUT2D eigenvalue weighted by Gasteiger charge is 2.02. The lowest BCUT2D eigenvalue weighted by Gasteiger charge is -2.13. The van der Waals surface area contributed by atoms with Crippen LogP contribution < -0.4 is 10.1 Å². The third-order valence-electron chi connectivity index (χ3n) is 2.86. The molecular weight excluding hydrogens is 266 g/mol. The molecule has 2 aromatic rings. The third-order valence-corrected chi connectivity index (χ3v) is 3.66. The number of hydrogen-bond donors (Lipinski definition) is 1. The molecule has 0 saturated carbocycles. The molecule has 2 rings (SSSR count). The van der Waals surface area contributed by atoms with E-state index in [2.05, 4.69) is 48.0 Å². The van der Waals surface area contributed by atoms with Gasteiger partial charge in [-0.2, -0.15) is 0 Å². The quantitative estimate of drug-likeness (QED) is 0.771. The maximum Gasteiger partial charge on any atom is 0.120 e. The standard InChI is InChI=1S/C17H21NOS/c1-13(2)19-15-8-6-7-14(11-15)12-18-16-9-4-5-10-17(16)20-3/h4-11,13,18H,12H2,1-3H3. The van der Waals surface area contributed by atoms with Gasteiger partial charge in [0.1, 0.15) is 5.75 Å². The van der Waals surface area contributed by atoms with Crippen LogP contribution in [0.5, 0.6) is 5.75 Å². The Balaban J connectivity index is 2.03.